The van der Waals surface area contributed by atoms with Crippen LogP contribution in [0.15, 0.2) is 42.7 Å². The van der Waals surface area contributed by atoms with Gasteiger partial charge in [0, 0.05) is 25.5 Å². The van der Waals surface area contributed by atoms with Crippen molar-refractivity contribution in [2.24, 2.45) is 0 Å². The van der Waals surface area contributed by atoms with Gasteiger partial charge in [0.2, 0.25) is 0 Å². The summed E-state index contributed by atoms with van der Waals surface area (Å²) >= 11 is 0. The molecule has 0 aliphatic rings. The van der Waals surface area contributed by atoms with Gasteiger partial charge in [0.15, 0.2) is 0 Å². The maximum Gasteiger partial charge on any atom is 0.0300 e. The third-order valence-corrected chi connectivity index (χ3v) is 2.86. The van der Waals surface area contributed by atoms with Gasteiger partial charge in [0.1, 0.15) is 0 Å². The van der Waals surface area contributed by atoms with Gasteiger partial charge < -0.3 is 5.32 Å². The van der Waals surface area contributed by atoms with E-state index in [0.29, 0.717) is 0 Å². The van der Waals surface area contributed by atoms with E-state index in [4.69, 9.17) is 0 Å². The van der Waals surface area contributed by atoms with E-state index in [-0.39, 0.29) is 0 Å². The molecule has 0 radical (unpaired) electrons. The number of aromatic nitrogens is 1. The van der Waals surface area contributed by atoms with Crippen LogP contribution < -0.4 is 5.32 Å². The lowest BCUT2D eigenvalue weighted by Crippen LogP contribution is -2.13. The molecule has 0 atom stereocenters. The summed E-state index contributed by atoms with van der Waals surface area (Å²) in [6.07, 6.45) is 3.75. The molecule has 2 rings (SSSR count). The van der Waals surface area contributed by atoms with Crippen molar-refractivity contribution in [3.8, 4) is 0 Å². The van der Waals surface area contributed by atoms with Crippen LogP contribution in [0.1, 0.15) is 22.3 Å². The number of hydrogen-bond acceptors (Lipinski definition) is 2. The summed E-state index contributed by atoms with van der Waals surface area (Å²) in [7, 11) is 0. The molecule has 0 unspecified atom stereocenters. The standard InChI is InChI=1S/C15H18N2/c1-12-4-3-5-14(8-12)10-17-11-15-6-7-16-9-13(15)2/h3-9,17H,10-11H2,1-2H3. The number of hydrogen-bond donors (Lipinski definition) is 1. The molecule has 0 aliphatic heterocycles. The minimum atomic E-state index is 0.891. The Balaban J connectivity index is 1.90. The molecule has 0 spiro atoms. The Kier molecular flexibility index (Phi) is 3.89. The number of pyridine rings is 1. The number of aryl methyl sites for hydroxylation is 2. The fourth-order valence-electron chi connectivity index (χ4n) is 1.86. The summed E-state index contributed by atoms with van der Waals surface area (Å²) in [5, 5.41) is 3.46. The first-order chi connectivity index (χ1) is 8.25. The summed E-state index contributed by atoms with van der Waals surface area (Å²) in [6, 6.07) is 10.7. The SMILES string of the molecule is Cc1cccc(CNCc2ccncc2C)c1. The van der Waals surface area contributed by atoms with Crippen molar-refractivity contribution in [3.63, 3.8) is 0 Å². The van der Waals surface area contributed by atoms with Crippen LogP contribution in [0.25, 0.3) is 0 Å². The van der Waals surface area contributed by atoms with Crippen LogP contribution in [0.2, 0.25) is 0 Å². The van der Waals surface area contributed by atoms with E-state index in [9.17, 15) is 0 Å². The highest BCUT2D eigenvalue weighted by atomic mass is 14.8. The Morgan fingerprint density at radius 1 is 1.12 bits per heavy atom. The summed E-state index contributed by atoms with van der Waals surface area (Å²) in [5.41, 5.74) is 5.19. The van der Waals surface area contributed by atoms with Crippen LogP contribution >= 0.6 is 0 Å². The van der Waals surface area contributed by atoms with E-state index in [1.54, 1.807) is 0 Å². The first kappa shape index (κ1) is 11.8. The highest BCUT2D eigenvalue weighted by Crippen LogP contribution is 2.06. The highest BCUT2D eigenvalue weighted by Gasteiger charge is 1.97. The fourth-order valence-corrected chi connectivity index (χ4v) is 1.86. The summed E-state index contributed by atoms with van der Waals surface area (Å²) in [6.45, 7) is 6.01. The Labute approximate surface area is 103 Å². The highest BCUT2D eigenvalue weighted by molar-refractivity contribution is 5.23. The lowest BCUT2D eigenvalue weighted by molar-refractivity contribution is 0.689. The van der Waals surface area contributed by atoms with Gasteiger partial charge in [0.05, 0.1) is 0 Å². The van der Waals surface area contributed by atoms with Crippen LogP contribution in [0.3, 0.4) is 0 Å². The number of rotatable bonds is 4. The Morgan fingerprint density at radius 3 is 2.76 bits per heavy atom. The lowest BCUT2D eigenvalue weighted by atomic mass is 10.1. The monoisotopic (exact) mass is 226 g/mol. The third kappa shape index (κ3) is 3.40. The average molecular weight is 226 g/mol. The van der Waals surface area contributed by atoms with E-state index in [2.05, 4.69) is 54.5 Å². The van der Waals surface area contributed by atoms with E-state index >= 15 is 0 Å². The fraction of sp³-hybridized carbons (Fsp3) is 0.267. The Bertz CT molecular complexity index is 492. The largest absolute Gasteiger partial charge is 0.309 e. The molecule has 17 heavy (non-hydrogen) atoms. The third-order valence-electron chi connectivity index (χ3n) is 2.86. The first-order valence-corrected chi connectivity index (χ1v) is 5.91. The van der Waals surface area contributed by atoms with Crippen LogP contribution in [0, 0.1) is 13.8 Å². The number of nitrogens with zero attached hydrogens (tertiary/aromatic N) is 1. The van der Waals surface area contributed by atoms with Gasteiger partial charge in [-0.15, -0.1) is 0 Å². The molecule has 0 aliphatic carbocycles. The smallest absolute Gasteiger partial charge is 0.0300 e. The molecule has 88 valence electrons. The van der Waals surface area contributed by atoms with Crippen molar-refractivity contribution >= 4 is 0 Å². The normalized spacial score (nSPS) is 10.5. The molecule has 2 nitrogen and oxygen atoms in total. The predicted molar refractivity (Wildman–Crippen MR) is 70.7 cm³/mol. The maximum atomic E-state index is 4.09. The Morgan fingerprint density at radius 2 is 2.00 bits per heavy atom. The molecule has 0 amide bonds. The van der Waals surface area contributed by atoms with Crippen LogP contribution in [-0.4, -0.2) is 4.98 Å². The zero-order chi connectivity index (χ0) is 12.1. The maximum absolute atomic E-state index is 4.09. The number of nitrogens with one attached hydrogen (secondary N) is 1. The molecular weight excluding hydrogens is 208 g/mol. The zero-order valence-corrected chi connectivity index (χ0v) is 10.4. The van der Waals surface area contributed by atoms with E-state index in [1.165, 1.54) is 22.3 Å². The van der Waals surface area contributed by atoms with Crippen LogP contribution in [-0.2, 0) is 13.1 Å². The van der Waals surface area contributed by atoms with E-state index in [1.807, 2.05) is 12.4 Å². The molecule has 1 aromatic heterocycles. The average Bonchev–Trinajstić information content (AvgIpc) is 2.32. The second-order valence-electron chi connectivity index (χ2n) is 4.39. The quantitative estimate of drug-likeness (QED) is 0.867. The molecule has 1 heterocycles. The second kappa shape index (κ2) is 5.60. The minimum absolute atomic E-state index is 0.891. The molecule has 0 bridgehead atoms. The molecular formula is C15H18N2. The van der Waals surface area contributed by atoms with Crippen LogP contribution in [0.5, 0.6) is 0 Å². The number of benzene rings is 1. The van der Waals surface area contributed by atoms with Gasteiger partial charge in [-0.2, -0.15) is 0 Å². The van der Waals surface area contributed by atoms with Crippen molar-refractivity contribution in [1.29, 1.82) is 0 Å². The molecule has 2 heteroatoms. The van der Waals surface area contributed by atoms with E-state index in [0.717, 1.165) is 13.1 Å². The molecule has 1 N–H and O–H groups in total. The predicted octanol–water partition coefficient (Wildman–Crippen LogP) is 2.99. The van der Waals surface area contributed by atoms with Gasteiger partial charge in [0.25, 0.3) is 0 Å². The van der Waals surface area contributed by atoms with Gasteiger partial charge in [-0.1, -0.05) is 29.8 Å². The summed E-state index contributed by atoms with van der Waals surface area (Å²) in [4.78, 5) is 4.09. The first-order valence-electron chi connectivity index (χ1n) is 5.91. The lowest BCUT2D eigenvalue weighted by Gasteiger charge is -2.07. The van der Waals surface area contributed by atoms with Crippen molar-refractivity contribution in [2.45, 2.75) is 26.9 Å². The molecule has 1 aromatic carbocycles. The van der Waals surface area contributed by atoms with Gasteiger partial charge in [-0.3, -0.25) is 4.98 Å². The minimum Gasteiger partial charge on any atom is -0.309 e. The molecule has 0 saturated carbocycles. The topological polar surface area (TPSA) is 24.9 Å². The molecule has 2 aromatic rings. The Hall–Kier alpha value is -1.67. The summed E-state index contributed by atoms with van der Waals surface area (Å²) < 4.78 is 0. The van der Waals surface area contributed by atoms with Crippen molar-refractivity contribution < 1.29 is 0 Å². The van der Waals surface area contributed by atoms with Crippen LogP contribution in [0.4, 0.5) is 0 Å². The van der Waals surface area contributed by atoms with Gasteiger partial charge >= 0.3 is 0 Å². The summed E-state index contributed by atoms with van der Waals surface area (Å²) in [5.74, 6) is 0. The molecule has 0 saturated heterocycles. The van der Waals surface area contributed by atoms with Crippen molar-refractivity contribution in [2.75, 3.05) is 0 Å². The zero-order valence-electron chi connectivity index (χ0n) is 10.4. The van der Waals surface area contributed by atoms with Gasteiger partial charge in [-0.25, -0.2) is 0 Å². The van der Waals surface area contributed by atoms with Crippen molar-refractivity contribution in [1.82, 2.24) is 10.3 Å². The van der Waals surface area contributed by atoms with Gasteiger partial charge in [-0.05, 0) is 36.6 Å². The second-order valence-corrected chi connectivity index (χ2v) is 4.39. The van der Waals surface area contributed by atoms with Crippen molar-refractivity contribution in [3.05, 3.63) is 65.0 Å². The molecule has 0 fully saturated rings. The van der Waals surface area contributed by atoms with E-state index < -0.39 is 0 Å².